The quantitative estimate of drug-likeness (QED) is 0.843. The number of aryl methyl sites for hydroxylation is 1. The van der Waals surface area contributed by atoms with E-state index in [0.29, 0.717) is 11.4 Å². The third-order valence-electron chi connectivity index (χ3n) is 2.40. The highest BCUT2D eigenvalue weighted by atomic mass is 16.1. The Morgan fingerprint density at radius 3 is 2.89 bits per heavy atom. The number of hydrogen-bond acceptors (Lipinski definition) is 4. The molecule has 18 heavy (non-hydrogen) atoms. The summed E-state index contributed by atoms with van der Waals surface area (Å²) in [5.41, 5.74) is 1.47. The third-order valence-corrected chi connectivity index (χ3v) is 2.40. The van der Waals surface area contributed by atoms with Crippen LogP contribution < -0.4 is 5.32 Å². The summed E-state index contributed by atoms with van der Waals surface area (Å²) in [7, 11) is 1.53. The van der Waals surface area contributed by atoms with Crippen LogP contribution in [-0.4, -0.2) is 27.7 Å². The van der Waals surface area contributed by atoms with E-state index < -0.39 is 0 Å². The van der Waals surface area contributed by atoms with E-state index in [1.165, 1.54) is 11.7 Å². The summed E-state index contributed by atoms with van der Waals surface area (Å²) in [6.45, 7) is 1.83. The van der Waals surface area contributed by atoms with Gasteiger partial charge in [0.15, 0.2) is 11.5 Å². The van der Waals surface area contributed by atoms with Crippen molar-refractivity contribution in [2.45, 2.75) is 6.92 Å². The highest BCUT2D eigenvalue weighted by Gasteiger charge is 2.11. The van der Waals surface area contributed by atoms with Crippen LogP contribution in [0.1, 0.15) is 21.7 Å². The SMILES string of the molecule is CNC(=O)c1ccn(-c2nc(C)ccc2C#N)n1. The Hall–Kier alpha value is -2.68. The van der Waals surface area contributed by atoms with E-state index in [4.69, 9.17) is 5.26 Å². The molecule has 0 fully saturated rings. The number of amides is 1. The molecule has 90 valence electrons. The molecule has 2 heterocycles. The van der Waals surface area contributed by atoms with Crippen molar-refractivity contribution >= 4 is 5.91 Å². The first-order valence-electron chi connectivity index (χ1n) is 5.31. The van der Waals surface area contributed by atoms with E-state index in [1.54, 1.807) is 24.4 Å². The number of hydrogen-bond donors (Lipinski definition) is 1. The molecule has 0 aliphatic carbocycles. The molecule has 1 N–H and O–H groups in total. The molecule has 2 rings (SSSR count). The van der Waals surface area contributed by atoms with Crippen LogP contribution in [0.3, 0.4) is 0 Å². The van der Waals surface area contributed by atoms with Crippen LogP contribution in [0.25, 0.3) is 5.82 Å². The van der Waals surface area contributed by atoms with E-state index in [0.717, 1.165) is 5.69 Å². The lowest BCUT2D eigenvalue weighted by molar-refractivity contribution is 0.0957. The fraction of sp³-hybridized carbons (Fsp3) is 0.167. The van der Waals surface area contributed by atoms with Crippen molar-refractivity contribution in [1.29, 1.82) is 5.26 Å². The Labute approximate surface area is 104 Å². The normalized spacial score (nSPS) is 9.83. The van der Waals surface area contributed by atoms with Gasteiger partial charge in [-0.3, -0.25) is 4.79 Å². The minimum Gasteiger partial charge on any atom is -0.354 e. The summed E-state index contributed by atoms with van der Waals surface area (Å²) >= 11 is 0. The van der Waals surface area contributed by atoms with Crippen LogP contribution in [-0.2, 0) is 0 Å². The molecule has 1 amide bonds. The molecule has 0 aliphatic rings. The Bertz CT molecular complexity index is 638. The zero-order chi connectivity index (χ0) is 13.1. The van der Waals surface area contributed by atoms with Crippen molar-refractivity contribution in [2.75, 3.05) is 7.05 Å². The Morgan fingerprint density at radius 2 is 2.22 bits per heavy atom. The first kappa shape index (κ1) is 11.8. The number of nitrogens with zero attached hydrogens (tertiary/aromatic N) is 4. The lowest BCUT2D eigenvalue weighted by atomic mass is 10.2. The molecule has 0 saturated carbocycles. The predicted octanol–water partition coefficient (Wildman–Crippen LogP) is 0.807. The standard InChI is InChI=1S/C12H11N5O/c1-8-3-4-9(7-13)11(15-8)17-6-5-10(16-17)12(18)14-2/h3-6H,1-2H3,(H,14,18). The number of pyridine rings is 1. The van der Waals surface area contributed by atoms with E-state index in [2.05, 4.69) is 15.4 Å². The van der Waals surface area contributed by atoms with Gasteiger partial charge in [-0.1, -0.05) is 0 Å². The van der Waals surface area contributed by atoms with Gasteiger partial charge in [-0.2, -0.15) is 10.4 Å². The van der Waals surface area contributed by atoms with Crippen LogP contribution in [0.4, 0.5) is 0 Å². The molecule has 0 saturated heterocycles. The maximum Gasteiger partial charge on any atom is 0.271 e. The molecule has 0 radical (unpaired) electrons. The van der Waals surface area contributed by atoms with Gasteiger partial charge in [-0.15, -0.1) is 0 Å². The monoisotopic (exact) mass is 241 g/mol. The largest absolute Gasteiger partial charge is 0.354 e. The second-order valence-electron chi connectivity index (χ2n) is 3.66. The van der Waals surface area contributed by atoms with Gasteiger partial charge in [-0.05, 0) is 25.1 Å². The molecule has 6 nitrogen and oxygen atoms in total. The van der Waals surface area contributed by atoms with E-state index in [-0.39, 0.29) is 11.6 Å². The van der Waals surface area contributed by atoms with E-state index in [1.807, 2.05) is 13.0 Å². The summed E-state index contributed by atoms with van der Waals surface area (Å²) < 4.78 is 1.43. The zero-order valence-corrected chi connectivity index (χ0v) is 10.0. The van der Waals surface area contributed by atoms with Crippen molar-refractivity contribution in [3.05, 3.63) is 41.3 Å². The van der Waals surface area contributed by atoms with Gasteiger partial charge in [0.05, 0.1) is 5.56 Å². The lowest BCUT2D eigenvalue weighted by Crippen LogP contribution is -2.18. The topological polar surface area (TPSA) is 83.6 Å². The fourth-order valence-corrected chi connectivity index (χ4v) is 1.50. The van der Waals surface area contributed by atoms with Crippen molar-refractivity contribution in [2.24, 2.45) is 0 Å². The number of carbonyl (C=O) groups is 1. The summed E-state index contributed by atoms with van der Waals surface area (Å²) in [6, 6.07) is 7.06. The average Bonchev–Trinajstić information content (AvgIpc) is 2.87. The van der Waals surface area contributed by atoms with Crippen molar-refractivity contribution in [1.82, 2.24) is 20.1 Å². The van der Waals surface area contributed by atoms with Crippen LogP contribution in [0.2, 0.25) is 0 Å². The summed E-state index contributed by atoms with van der Waals surface area (Å²) in [4.78, 5) is 15.7. The van der Waals surface area contributed by atoms with E-state index in [9.17, 15) is 4.79 Å². The van der Waals surface area contributed by atoms with Gasteiger partial charge in [0.2, 0.25) is 0 Å². The molecule has 0 aliphatic heterocycles. The maximum absolute atomic E-state index is 11.4. The maximum atomic E-state index is 11.4. The first-order valence-corrected chi connectivity index (χ1v) is 5.31. The van der Waals surface area contributed by atoms with Gasteiger partial charge < -0.3 is 5.32 Å². The predicted molar refractivity (Wildman–Crippen MR) is 64.2 cm³/mol. The molecule has 6 heteroatoms. The van der Waals surface area contributed by atoms with Crippen LogP contribution in [0.15, 0.2) is 24.4 Å². The highest BCUT2D eigenvalue weighted by molar-refractivity contribution is 5.91. The molecule has 2 aromatic heterocycles. The second kappa shape index (κ2) is 4.67. The Kier molecular flexibility index (Phi) is 3.06. The Balaban J connectivity index is 2.49. The average molecular weight is 241 g/mol. The smallest absolute Gasteiger partial charge is 0.271 e. The van der Waals surface area contributed by atoms with Crippen LogP contribution >= 0.6 is 0 Å². The van der Waals surface area contributed by atoms with Crippen molar-refractivity contribution in [3.8, 4) is 11.9 Å². The number of aromatic nitrogens is 3. The zero-order valence-electron chi connectivity index (χ0n) is 10.0. The van der Waals surface area contributed by atoms with Crippen LogP contribution in [0, 0.1) is 18.3 Å². The Morgan fingerprint density at radius 1 is 1.44 bits per heavy atom. The summed E-state index contributed by atoms with van der Waals surface area (Å²) in [5.74, 6) is 0.146. The van der Waals surface area contributed by atoms with Gasteiger partial charge in [0.25, 0.3) is 5.91 Å². The molecular formula is C12H11N5O. The van der Waals surface area contributed by atoms with Crippen molar-refractivity contribution < 1.29 is 4.79 Å². The number of carbonyl (C=O) groups excluding carboxylic acids is 1. The van der Waals surface area contributed by atoms with Gasteiger partial charge >= 0.3 is 0 Å². The van der Waals surface area contributed by atoms with Gasteiger partial charge in [0, 0.05) is 18.9 Å². The minimum atomic E-state index is -0.278. The van der Waals surface area contributed by atoms with Gasteiger partial charge in [0.1, 0.15) is 6.07 Å². The molecule has 0 aromatic carbocycles. The molecule has 0 unspecified atom stereocenters. The lowest BCUT2D eigenvalue weighted by Gasteiger charge is -2.03. The van der Waals surface area contributed by atoms with E-state index >= 15 is 0 Å². The highest BCUT2D eigenvalue weighted by Crippen LogP contribution is 2.11. The molecule has 0 atom stereocenters. The molecule has 0 spiro atoms. The summed E-state index contributed by atoms with van der Waals surface area (Å²) in [5, 5.41) is 15.6. The fourth-order valence-electron chi connectivity index (χ4n) is 1.50. The number of rotatable bonds is 2. The first-order chi connectivity index (χ1) is 8.65. The van der Waals surface area contributed by atoms with Gasteiger partial charge in [-0.25, -0.2) is 9.67 Å². The van der Waals surface area contributed by atoms with Crippen molar-refractivity contribution in [3.63, 3.8) is 0 Å². The van der Waals surface area contributed by atoms with Crippen LogP contribution in [0.5, 0.6) is 0 Å². The molecule has 0 bridgehead atoms. The second-order valence-corrected chi connectivity index (χ2v) is 3.66. The minimum absolute atomic E-state index is 0.278. The summed E-state index contributed by atoms with van der Waals surface area (Å²) in [6.07, 6.45) is 1.60. The number of nitriles is 1. The third kappa shape index (κ3) is 2.06. The number of nitrogens with one attached hydrogen (secondary N) is 1. The molecular weight excluding hydrogens is 230 g/mol. The molecule has 2 aromatic rings.